The lowest BCUT2D eigenvalue weighted by atomic mass is 9.65. The van der Waals surface area contributed by atoms with Crippen molar-refractivity contribution in [1.29, 1.82) is 0 Å². The zero-order chi connectivity index (χ0) is 6.97. The normalized spacial score (nSPS) is 44.7. The Morgan fingerprint density at radius 1 is 1.40 bits per heavy atom. The minimum atomic E-state index is 0.855. The lowest BCUT2D eigenvalue weighted by molar-refractivity contribution is 0.114. The van der Waals surface area contributed by atoms with Crippen LogP contribution in [0.25, 0.3) is 0 Å². The number of ether oxygens (including phenoxy) is 1. The van der Waals surface area contributed by atoms with Crippen LogP contribution in [0.4, 0.5) is 0 Å². The molecule has 1 aliphatic heterocycles. The van der Waals surface area contributed by atoms with E-state index < -0.39 is 0 Å². The van der Waals surface area contributed by atoms with E-state index in [0.29, 0.717) is 0 Å². The maximum Gasteiger partial charge on any atom is 0.0500 e. The number of nitrogens with two attached hydrogens (primary N) is 1. The summed E-state index contributed by atoms with van der Waals surface area (Å²) in [5.74, 6) is 2.68. The molecule has 2 rings (SSSR count). The molecule has 10 heavy (non-hydrogen) atoms. The van der Waals surface area contributed by atoms with Crippen molar-refractivity contribution in [3.05, 3.63) is 0 Å². The van der Waals surface area contributed by atoms with Gasteiger partial charge in [0.25, 0.3) is 0 Å². The van der Waals surface area contributed by atoms with E-state index >= 15 is 0 Å². The van der Waals surface area contributed by atoms with Gasteiger partial charge in [0.05, 0.1) is 6.61 Å². The van der Waals surface area contributed by atoms with E-state index in [0.717, 1.165) is 37.5 Å². The Kier molecular flexibility index (Phi) is 1.66. The van der Waals surface area contributed by atoms with Crippen molar-refractivity contribution < 1.29 is 4.74 Å². The minimum Gasteiger partial charge on any atom is -0.381 e. The summed E-state index contributed by atoms with van der Waals surface area (Å²) < 4.78 is 5.37. The molecule has 3 atom stereocenters. The Morgan fingerprint density at radius 2 is 2.30 bits per heavy atom. The molecule has 1 heterocycles. The SMILES string of the molecule is NCC[C@H]1C[C@H]2COC[C@H]21. The van der Waals surface area contributed by atoms with Crippen LogP contribution in [-0.4, -0.2) is 19.8 Å². The first-order valence-electron chi connectivity index (χ1n) is 4.19. The Balaban J connectivity index is 1.83. The molecule has 2 aliphatic rings. The summed E-state index contributed by atoms with van der Waals surface area (Å²) in [6.45, 7) is 2.88. The van der Waals surface area contributed by atoms with E-state index in [-0.39, 0.29) is 0 Å². The van der Waals surface area contributed by atoms with Gasteiger partial charge in [-0.2, -0.15) is 0 Å². The van der Waals surface area contributed by atoms with Crippen LogP contribution in [-0.2, 0) is 4.74 Å². The van der Waals surface area contributed by atoms with Gasteiger partial charge in [-0.3, -0.25) is 0 Å². The molecule has 58 valence electrons. The van der Waals surface area contributed by atoms with Gasteiger partial charge in [-0.05, 0) is 37.1 Å². The molecule has 1 saturated carbocycles. The lowest BCUT2D eigenvalue weighted by Gasteiger charge is -2.38. The number of hydrogen-bond acceptors (Lipinski definition) is 2. The summed E-state index contributed by atoms with van der Waals surface area (Å²) in [5, 5.41) is 0. The fraction of sp³-hybridized carbons (Fsp3) is 1.00. The average Bonchev–Trinajstić information content (AvgIpc) is 2.26. The highest BCUT2D eigenvalue weighted by Crippen LogP contribution is 2.45. The van der Waals surface area contributed by atoms with Crippen LogP contribution < -0.4 is 5.73 Å². The Labute approximate surface area is 61.7 Å². The molecule has 0 spiro atoms. The molecule has 2 nitrogen and oxygen atoms in total. The van der Waals surface area contributed by atoms with Gasteiger partial charge in [-0.1, -0.05) is 0 Å². The third-order valence-electron chi connectivity index (χ3n) is 3.00. The van der Waals surface area contributed by atoms with Crippen LogP contribution in [0.2, 0.25) is 0 Å². The summed E-state index contributed by atoms with van der Waals surface area (Å²) >= 11 is 0. The van der Waals surface area contributed by atoms with Crippen molar-refractivity contribution in [2.45, 2.75) is 12.8 Å². The first-order valence-corrected chi connectivity index (χ1v) is 4.19. The molecule has 0 bridgehead atoms. The topological polar surface area (TPSA) is 35.2 Å². The standard InChI is InChI=1S/C8H15NO/c9-2-1-6-3-7-4-10-5-8(6)7/h6-8H,1-5,9H2/t6-,7-,8-/m0/s1. The second-order valence-electron chi connectivity index (χ2n) is 3.53. The zero-order valence-corrected chi connectivity index (χ0v) is 6.25. The molecule has 0 unspecified atom stereocenters. The van der Waals surface area contributed by atoms with E-state index in [2.05, 4.69) is 0 Å². The van der Waals surface area contributed by atoms with Crippen molar-refractivity contribution in [1.82, 2.24) is 0 Å². The van der Waals surface area contributed by atoms with E-state index in [4.69, 9.17) is 10.5 Å². The largest absolute Gasteiger partial charge is 0.381 e. The predicted molar refractivity (Wildman–Crippen MR) is 39.6 cm³/mol. The summed E-state index contributed by atoms with van der Waals surface area (Å²) in [4.78, 5) is 0. The predicted octanol–water partition coefficient (Wildman–Crippen LogP) is 0.618. The summed E-state index contributed by atoms with van der Waals surface area (Å²) in [6, 6.07) is 0. The Bertz CT molecular complexity index is 126. The fourth-order valence-corrected chi connectivity index (χ4v) is 2.29. The molecule has 0 aromatic heterocycles. The first-order chi connectivity index (χ1) is 4.92. The Hall–Kier alpha value is -0.0800. The van der Waals surface area contributed by atoms with E-state index in [1.165, 1.54) is 12.8 Å². The van der Waals surface area contributed by atoms with Crippen molar-refractivity contribution in [2.24, 2.45) is 23.5 Å². The van der Waals surface area contributed by atoms with Crippen molar-refractivity contribution in [3.8, 4) is 0 Å². The van der Waals surface area contributed by atoms with E-state index in [1.54, 1.807) is 0 Å². The van der Waals surface area contributed by atoms with Crippen LogP contribution in [0.3, 0.4) is 0 Å². The molecule has 1 aliphatic carbocycles. The van der Waals surface area contributed by atoms with Crippen molar-refractivity contribution in [2.75, 3.05) is 19.8 Å². The molecule has 2 heteroatoms. The summed E-state index contributed by atoms with van der Waals surface area (Å²) in [6.07, 6.45) is 2.59. The molecule has 0 radical (unpaired) electrons. The minimum absolute atomic E-state index is 0.855. The van der Waals surface area contributed by atoms with E-state index in [9.17, 15) is 0 Å². The molecular formula is C8H15NO. The summed E-state index contributed by atoms with van der Waals surface area (Å²) in [5.41, 5.74) is 5.48. The number of fused-ring (bicyclic) bond motifs is 1. The molecule has 0 amide bonds. The van der Waals surface area contributed by atoms with Crippen LogP contribution in [0.5, 0.6) is 0 Å². The van der Waals surface area contributed by atoms with Crippen molar-refractivity contribution in [3.63, 3.8) is 0 Å². The van der Waals surface area contributed by atoms with Gasteiger partial charge in [-0.25, -0.2) is 0 Å². The van der Waals surface area contributed by atoms with Crippen LogP contribution in [0, 0.1) is 17.8 Å². The molecule has 1 saturated heterocycles. The van der Waals surface area contributed by atoms with Gasteiger partial charge in [-0.15, -0.1) is 0 Å². The van der Waals surface area contributed by atoms with E-state index in [1.807, 2.05) is 0 Å². The third kappa shape index (κ3) is 0.867. The molecule has 0 aromatic rings. The first kappa shape index (κ1) is 6.62. The smallest absolute Gasteiger partial charge is 0.0500 e. The average molecular weight is 141 g/mol. The van der Waals surface area contributed by atoms with Crippen LogP contribution in [0.15, 0.2) is 0 Å². The molecular weight excluding hydrogens is 126 g/mol. The van der Waals surface area contributed by atoms with Crippen molar-refractivity contribution >= 4 is 0 Å². The number of hydrogen-bond donors (Lipinski definition) is 1. The van der Waals surface area contributed by atoms with Gasteiger partial charge in [0, 0.05) is 6.61 Å². The third-order valence-corrected chi connectivity index (χ3v) is 3.00. The maximum absolute atomic E-state index is 5.48. The lowest BCUT2D eigenvalue weighted by Crippen LogP contribution is -2.36. The molecule has 2 N–H and O–H groups in total. The highest BCUT2D eigenvalue weighted by atomic mass is 16.5. The van der Waals surface area contributed by atoms with Gasteiger partial charge in [0.1, 0.15) is 0 Å². The van der Waals surface area contributed by atoms with Gasteiger partial charge in [0.2, 0.25) is 0 Å². The van der Waals surface area contributed by atoms with Gasteiger partial charge >= 0.3 is 0 Å². The molecule has 0 aromatic carbocycles. The fourth-order valence-electron chi connectivity index (χ4n) is 2.29. The van der Waals surface area contributed by atoms with Gasteiger partial charge < -0.3 is 10.5 Å². The maximum atomic E-state index is 5.48. The van der Waals surface area contributed by atoms with Crippen LogP contribution in [0.1, 0.15) is 12.8 Å². The second kappa shape index (κ2) is 2.51. The highest BCUT2D eigenvalue weighted by Gasteiger charge is 2.43. The second-order valence-corrected chi connectivity index (χ2v) is 3.53. The highest BCUT2D eigenvalue weighted by molar-refractivity contribution is 4.92. The summed E-state index contributed by atoms with van der Waals surface area (Å²) in [7, 11) is 0. The number of rotatable bonds is 2. The van der Waals surface area contributed by atoms with Gasteiger partial charge in [0.15, 0.2) is 0 Å². The molecule has 2 fully saturated rings. The van der Waals surface area contributed by atoms with Crippen LogP contribution >= 0.6 is 0 Å². The zero-order valence-electron chi connectivity index (χ0n) is 6.25. The quantitative estimate of drug-likeness (QED) is 0.611. The monoisotopic (exact) mass is 141 g/mol. The Morgan fingerprint density at radius 3 is 3.00 bits per heavy atom.